The highest BCUT2D eigenvalue weighted by molar-refractivity contribution is 5.92. The van der Waals surface area contributed by atoms with Crippen LogP contribution in [0.1, 0.15) is 12.5 Å². The van der Waals surface area contributed by atoms with Crippen molar-refractivity contribution in [1.29, 1.82) is 0 Å². The van der Waals surface area contributed by atoms with Crippen molar-refractivity contribution in [3.8, 4) is 5.75 Å². The number of likely N-dealkylation sites (N-methyl/N-ethyl adjacent to an activating group) is 1. The van der Waals surface area contributed by atoms with Crippen LogP contribution in [-0.4, -0.2) is 68.1 Å². The molecule has 2 aromatic carbocycles. The maximum absolute atomic E-state index is 12.7. The predicted octanol–water partition coefficient (Wildman–Crippen LogP) is 0.757. The summed E-state index contributed by atoms with van der Waals surface area (Å²) in [7, 11) is 1.87. The van der Waals surface area contributed by atoms with Gasteiger partial charge < -0.3 is 25.1 Å². The van der Waals surface area contributed by atoms with Crippen molar-refractivity contribution in [1.82, 2.24) is 4.90 Å². The molecule has 1 fully saturated rings. The van der Waals surface area contributed by atoms with Gasteiger partial charge in [0.15, 0.2) is 13.1 Å². The van der Waals surface area contributed by atoms with E-state index in [1.165, 1.54) is 0 Å². The average molecular weight is 412 g/mol. The summed E-state index contributed by atoms with van der Waals surface area (Å²) in [5, 5.41) is 12.4. The lowest BCUT2D eigenvalue weighted by atomic mass is 10.1. The van der Waals surface area contributed by atoms with E-state index in [4.69, 9.17) is 0 Å². The molecule has 0 radical (unpaired) electrons. The van der Waals surface area contributed by atoms with Crippen LogP contribution in [0.25, 0.3) is 0 Å². The van der Waals surface area contributed by atoms with Gasteiger partial charge in [0.1, 0.15) is 5.75 Å². The molecule has 0 spiro atoms. The molecule has 1 unspecified atom stereocenters. The van der Waals surface area contributed by atoms with E-state index in [1.54, 1.807) is 12.1 Å². The molecule has 2 amide bonds. The first-order valence-corrected chi connectivity index (χ1v) is 10.5. The molecule has 1 aliphatic heterocycles. The Balaban J connectivity index is 1.44. The van der Waals surface area contributed by atoms with Crippen molar-refractivity contribution >= 4 is 23.2 Å². The molecule has 0 aliphatic carbocycles. The molecular weight excluding hydrogens is 380 g/mol. The number of hydrogen-bond acceptors (Lipinski definition) is 4. The Morgan fingerprint density at radius 3 is 2.33 bits per heavy atom. The van der Waals surface area contributed by atoms with Gasteiger partial charge in [-0.3, -0.25) is 9.59 Å². The van der Waals surface area contributed by atoms with Gasteiger partial charge in [0, 0.05) is 37.6 Å². The van der Waals surface area contributed by atoms with Gasteiger partial charge in [0.05, 0.1) is 7.05 Å². The fourth-order valence-electron chi connectivity index (χ4n) is 3.73. The summed E-state index contributed by atoms with van der Waals surface area (Å²) in [5.74, 6) is 0.235. The number of quaternary nitrogens is 1. The Kier molecular flexibility index (Phi) is 7.30. The number of phenolic OH excluding ortho intramolecular Hbond substituents is 1. The zero-order chi connectivity index (χ0) is 21.5. The molecule has 0 saturated carbocycles. The summed E-state index contributed by atoms with van der Waals surface area (Å²) in [6.45, 7) is 5.42. The van der Waals surface area contributed by atoms with Crippen LogP contribution in [0.5, 0.6) is 5.75 Å². The molecule has 2 aromatic rings. The van der Waals surface area contributed by atoms with Crippen LogP contribution in [0.2, 0.25) is 0 Å². The normalized spacial score (nSPS) is 15.0. The Morgan fingerprint density at radius 1 is 1.00 bits per heavy atom. The number of carbonyl (C=O) groups is 2. The lowest BCUT2D eigenvalue weighted by Crippen LogP contribution is -3.11. The van der Waals surface area contributed by atoms with E-state index in [0.717, 1.165) is 41.3 Å². The number of nitrogens with zero attached hydrogens (tertiary/aromatic N) is 2. The van der Waals surface area contributed by atoms with Gasteiger partial charge >= 0.3 is 0 Å². The highest BCUT2D eigenvalue weighted by Gasteiger charge is 2.24. The van der Waals surface area contributed by atoms with Gasteiger partial charge in [0.25, 0.3) is 11.8 Å². The second kappa shape index (κ2) is 10.1. The first-order valence-electron chi connectivity index (χ1n) is 10.5. The SMILES string of the molecule is CCc1ccccc1NC(=O)C[NH+](C)CC(=O)N1CCN(c2ccc(O)cc2)CC1. The summed E-state index contributed by atoms with van der Waals surface area (Å²) in [5.41, 5.74) is 2.99. The van der Waals surface area contributed by atoms with Crippen LogP contribution in [0.15, 0.2) is 48.5 Å². The second-order valence-electron chi connectivity index (χ2n) is 7.75. The van der Waals surface area contributed by atoms with Crippen LogP contribution >= 0.6 is 0 Å². The van der Waals surface area contributed by atoms with Crippen LogP contribution in [0.4, 0.5) is 11.4 Å². The number of anilines is 2. The van der Waals surface area contributed by atoms with Gasteiger partial charge in [0.2, 0.25) is 0 Å². The van der Waals surface area contributed by atoms with Crippen molar-refractivity contribution in [2.24, 2.45) is 0 Å². The van der Waals surface area contributed by atoms with E-state index in [0.29, 0.717) is 19.6 Å². The summed E-state index contributed by atoms with van der Waals surface area (Å²) in [6.07, 6.45) is 0.855. The molecule has 160 valence electrons. The summed E-state index contributed by atoms with van der Waals surface area (Å²) < 4.78 is 0. The molecule has 0 aromatic heterocycles. The first-order chi connectivity index (χ1) is 14.5. The second-order valence-corrected chi connectivity index (χ2v) is 7.75. The molecule has 0 bridgehead atoms. The van der Waals surface area contributed by atoms with E-state index in [9.17, 15) is 14.7 Å². The Labute approximate surface area is 177 Å². The van der Waals surface area contributed by atoms with Crippen molar-refractivity contribution in [3.05, 3.63) is 54.1 Å². The van der Waals surface area contributed by atoms with Gasteiger partial charge in [-0.25, -0.2) is 0 Å². The fraction of sp³-hybridized carbons (Fsp3) is 0.391. The molecule has 7 nitrogen and oxygen atoms in total. The van der Waals surface area contributed by atoms with Gasteiger partial charge in [-0.05, 0) is 42.3 Å². The highest BCUT2D eigenvalue weighted by Crippen LogP contribution is 2.19. The number of para-hydroxylation sites is 1. The average Bonchev–Trinajstić information content (AvgIpc) is 2.74. The van der Waals surface area contributed by atoms with Gasteiger partial charge in [-0.15, -0.1) is 0 Å². The summed E-state index contributed by atoms with van der Waals surface area (Å²) in [6, 6.07) is 14.9. The molecule has 1 saturated heterocycles. The summed E-state index contributed by atoms with van der Waals surface area (Å²) >= 11 is 0. The van der Waals surface area contributed by atoms with Crippen molar-refractivity contribution in [2.75, 3.05) is 56.5 Å². The molecular formula is C23H31N4O3+. The van der Waals surface area contributed by atoms with Crippen LogP contribution in [0, 0.1) is 0 Å². The predicted molar refractivity (Wildman–Crippen MR) is 118 cm³/mol. The number of hydrogen-bond donors (Lipinski definition) is 3. The third kappa shape index (κ3) is 5.73. The zero-order valence-electron chi connectivity index (χ0n) is 17.7. The fourth-order valence-corrected chi connectivity index (χ4v) is 3.73. The van der Waals surface area contributed by atoms with E-state index >= 15 is 0 Å². The van der Waals surface area contributed by atoms with E-state index < -0.39 is 0 Å². The lowest BCUT2D eigenvalue weighted by Gasteiger charge is -2.36. The van der Waals surface area contributed by atoms with Crippen LogP contribution in [-0.2, 0) is 16.0 Å². The Morgan fingerprint density at radius 2 is 1.67 bits per heavy atom. The first kappa shape index (κ1) is 21.6. The van der Waals surface area contributed by atoms with Gasteiger partial charge in [-0.2, -0.15) is 0 Å². The standard InChI is InChI=1S/C23H30N4O3/c1-3-18-6-4-5-7-21(18)24-22(29)16-25(2)17-23(30)27-14-12-26(13-15-27)19-8-10-20(28)11-9-19/h4-11,28H,3,12-17H2,1-2H3,(H,24,29)/p+1. The number of rotatable bonds is 7. The van der Waals surface area contributed by atoms with Crippen LogP contribution in [0.3, 0.4) is 0 Å². The third-order valence-electron chi connectivity index (χ3n) is 5.43. The Hall–Kier alpha value is -3.06. The molecule has 3 N–H and O–H groups in total. The molecule has 30 heavy (non-hydrogen) atoms. The minimum atomic E-state index is -0.0849. The maximum atomic E-state index is 12.7. The van der Waals surface area contributed by atoms with Crippen LogP contribution < -0.4 is 15.1 Å². The zero-order valence-corrected chi connectivity index (χ0v) is 17.7. The number of nitrogens with one attached hydrogen (secondary N) is 2. The molecule has 3 rings (SSSR count). The number of aryl methyl sites for hydroxylation is 1. The number of aromatic hydroxyl groups is 1. The smallest absolute Gasteiger partial charge is 0.279 e. The van der Waals surface area contributed by atoms with Crippen molar-refractivity contribution < 1.29 is 19.6 Å². The van der Waals surface area contributed by atoms with E-state index in [-0.39, 0.29) is 24.1 Å². The monoisotopic (exact) mass is 411 g/mol. The molecule has 1 aliphatic rings. The quantitative estimate of drug-likeness (QED) is 0.629. The van der Waals surface area contributed by atoms with Gasteiger partial charge in [-0.1, -0.05) is 25.1 Å². The van der Waals surface area contributed by atoms with E-state index in [1.807, 2.05) is 48.3 Å². The Bertz CT molecular complexity index is 861. The number of piperazine rings is 1. The van der Waals surface area contributed by atoms with E-state index in [2.05, 4.69) is 17.1 Å². The number of benzene rings is 2. The third-order valence-corrected chi connectivity index (χ3v) is 5.43. The lowest BCUT2D eigenvalue weighted by molar-refractivity contribution is -0.862. The number of phenols is 1. The van der Waals surface area contributed by atoms with Crippen molar-refractivity contribution in [2.45, 2.75) is 13.3 Å². The number of amides is 2. The highest BCUT2D eigenvalue weighted by atomic mass is 16.3. The number of carbonyl (C=O) groups excluding carboxylic acids is 2. The minimum Gasteiger partial charge on any atom is -0.508 e. The molecule has 7 heteroatoms. The maximum Gasteiger partial charge on any atom is 0.279 e. The largest absolute Gasteiger partial charge is 0.508 e. The van der Waals surface area contributed by atoms with Crippen molar-refractivity contribution in [3.63, 3.8) is 0 Å². The summed E-state index contributed by atoms with van der Waals surface area (Å²) in [4.78, 5) is 30.0. The minimum absolute atomic E-state index is 0.0691. The topological polar surface area (TPSA) is 77.3 Å². The molecule has 1 atom stereocenters. The molecule has 1 heterocycles.